The van der Waals surface area contributed by atoms with Crippen LogP contribution in [0.4, 0.5) is 18.9 Å². The van der Waals surface area contributed by atoms with Gasteiger partial charge in [0.1, 0.15) is 0 Å². The molecule has 5 aromatic rings. The average molecular weight is 633 g/mol. The van der Waals surface area contributed by atoms with Crippen LogP contribution < -0.4 is 5.32 Å². The topological polar surface area (TPSA) is 77.2 Å². The Balaban J connectivity index is 1.24. The Labute approximate surface area is 264 Å². The molecular weight excluding hydrogens is 601 g/mol. The van der Waals surface area contributed by atoms with Crippen LogP contribution in [0.1, 0.15) is 38.3 Å². The van der Waals surface area contributed by atoms with Gasteiger partial charge in [0.05, 0.1) is 22.3 Å². The Morgan fingerprint density at radius 1 is 0.956 bits per heavy atom. The van der Waals surface area contributed by atoms with Crippen LogP contribution in [-0.2, 0) is 19.1 Å². The zero-order chi connectivity index (χ0) is 31.7. The number of amides is 1. The Kier molecular flexibility index (Phi) is 8.63. The maximum absolute atomic E-state index is 14.1. The van der Waals surface area contributed by atoms with Crippen molar-refractivity contribution >= 4 is 34.2 Å². The SMILES string of the molecule is Cc1ccc(C(=O)Nc2ccc(CN3CCN(C)CC3)c(C(F)(F)F)c2)cc1Cc1nc(-c2ccc(Cl)cc2)nc2cc[nH]c12. The lowest BCUT2D eigenvalue weighted by Crippen LogP contribution is -2.44. The molecule has 2 aromatic heterocycles. The molecule has 1 amide bonds. The van der Waals surface area contributed by atoms with Crippen molar-refractivity contribution in [3.8, 4) is 11.4 Å². The number of hydrogen-bond donors (Lipinski definition) is 2. The molecule has 45 heavy (non-hydrogen) atoms. The smallest absolute Gasteiger partial charge is 0.358 e. The van der Waals surface area contributed by atoms with Crippen molar-refractivity contribution in [2.75, 3.05) is 38.5 Å². The lowest BCUT2D eigenvalue weighted by atomic mass is 9.99. The molecule has 1 aliphatic heterocycles. The van der Waals surface area contributed by atoms with E-state index >= 15 is 0 Å². The first-order chi connectivity index (χ1) is 21.5. The number of fused-ring (bicyclic) bond motifs is 1. The summed E-state index contributed by atoms with van der Waals surface area (Å²) >= 11 is 6.07. The summed E-state index contributed by atoms with van der Waals surface area (Å²) in [5.41, 5.74) is 4.81. The maximum Gasteiger partial charge on any atom is 0.416 e. The molecule has 1 fully saturated rings. The second kappa shape index (κ2) is 12.6. The molecule has 2 N–H and O–H groups in total. The first kappa shape index (κ1) is 30.8. The monoisotopic (exact) mass is 632 g/mol. The summed E-state index contributed by atoms with van der Waals surface area (Å²) in [7, 11) is 2.00. The summed E-state index contributed by atoms with van der Waals surface area (Å²) in [5, 5.41) is 3.29. The molecule has 0 saturated carbocycles. The Bertz CT molecular complexity index is 1850. The number of carbonyl (C=O) groups is 1. The van der Waals surface area contributed by atoms with Gasteiger partial charge in [-0.3, -0.25) is 9.69 Å². The molecule has 0 aliphatic carbocycles. The number of nitrogens with one attached hydrogen (secondary N) is 2. The van der Waals surface area contributed by atoms with Gasteiger partial charge >= 0.3 is 6.18 Å². The number of benzene rings is 3. The zero-order valence-corrected chi connectivity index (χ0v) is 25.6. The molecule has 1 saturated heterocycles. The fourth-order valence-corrected chi connectivity index (χ4v) is 5.68. The van der Waals surface area contributed by atoms with Gasteiger partial charge in [0.15, 0.2) is 5.82 Å². The highest BCUT2D eigenvalue weighted by molar-refractivity contribution is 6.30. The van der Waals surface area contributed by atoms with Crippen molar-refractivity contribution < 1.29 is 18.0 Å². The number of H-pyrrole nitrogens is 1. The molecule has 0 spiro atoms. The standard InChI is InChI=1S/C34H32ClF3N6O/c1-21-3-4-23(17-25(21)18-30-31-29(11-12-39-31)41-32(42-30)22-5-8-26(35)9-6-22)33(45)40-27-10-7-24(28(19-27)34(36,37)38)20-44-15-13-43(2)14-16-44/h3-12,17,19,39H,13-16,18,20H2,1-2H3,(H,40,45). The van der Waals surface area contributed by atoms with Crippen LogP contribution in [0.5, 0.6) is 0 Å². The largest absolute Gasteiger partial charge is 0.416 e. The minimum Gasteiger partial charge on any atom is -0.358 e. The molecule has 6 rings (SSSR count). The third kappa shape index (κ3) is 7.03. The van der Waals surface area contributed by atoms with Crippen molar-refractivity contribution in [1.82, 2.24) is 24.8 Å². The number of aromatic amines is 1. The zero-order valence-electron chi connectivity index (χ0n) is 24.9. The molecule has 0 radical (unpaired) electrons. The lowest BCUT2D eigenvalue weighted by Gasteiger charge is -2.33. The molecule has 0 atom stereocenters. The quantitative estimate of drug-likeness (QED) is 0.199. The number of aromatic nitrogens is 3. The van der Waals surface area contributed by atoms with E-state index in [1.807, 2.05) is 43.1 Å². The number of nitrogens with zero attached hydrogens (tertiary/aromatic N) is 4. The fraction of sp³-hybridized carbons (Fsp3) is 0.265. The van der Waals surface area contributed by atoms with E-state index in [1.165, 1.54) is 12.1 Å². The highest BCUT2D eigenvalue weighted by Crippen LogP contribution is 2.35. The molecule has 0 unspecified atom stereocenters. The normalized spacial score (nSPS) is 14.6. The fourth-order valence-electron chi connectivity index (χ4n) is 5.55. The van der Waals surface area contributed by atoms with Crippen molar-refractivity contribution in [1.29, 1.82) is 0 Å². The van der Waals surface area contributed by atoms with Crippen LogP contribution in [-0.4, -0.2) is 63.9 Å². The minimum absolute atomic E-state index is 0.0908. The van der Waals surface area contributed by atoms with E-state index < -0.39 is 17.6 Å². The highest BCUT2D eigenvalue weighted by Gasteiger charge is 2.34. The van der Waals surface area contributed by atoms with Crippen LogP contribution in [0.3, 0.4) is 0 Å². The predicted octanol–water partition coefficient (Wildman–Crippen LogP) is 7.20. The van der Waals surface area contributed by atoms with Gasteiger partial charge in [0.2, 0.25) is 0 Å². The molecule has 11 heteroatoms. The van der Waals surface area contributed by atoms with Gasteiger partial charge in [-0.1, -0.05) is 23.7 Å². The Hall–Kier alpha value is -4.25. The number of anilines is 1. The number of carbonyl (C=O) groups excluding carboxylic acids is 1. The molecule has 0 bridgehead atoms. The Morgan fingerprint density at radius 2 is 1.71 bits per heavy atom. The molecule has 3 heterocycles. The van der Waals surface area contributed by atoms with Gasteiger partial charge in [-0.2, -0.15) is 13.2 Å². The van der Waals surface area contributed by atoms with Gasteiger partial charge < -0.3 is 15.2 Å². The number of likely N-dealkylation sites (N-methyl/N-ethyl adjacent to an activating group) is 1. The number of piperazine rings is 1. The van der Waals surface area contributed by atoms with Crippen molar-refractivity contribution in [2.24, 2.45) is 0 Å². The predicted molar refractivity (Wildman–Crippen MR) is 170 cm³/mol. The van der Waals surface area contributed by atoms with E-state index in [4.69, 9.17) is 16.6 Å². The first-order valence-corrected chi connectivity index (χ1v) is 15.0. The summed E-state index contributed by atoms with van der Waals surface area (Å²) in [4.78, 5) is 30.2. The molecule has 3 aromatic carbocycles. The van der Waals surface area contributed by atoms with Crippen LogP contribution in [0, 0.1) is 6.92 Å². The number of hydrogen-bond acceptors (Lipinski definition) is 5. The third-order valence-corrected chi connectivity index (χ3v) is 8.47. The number of aryl methyl sites for hydroxylation is 1. The summed E-state index contributed by atoms with van der Waals surface area (Å²) in [5.74, 6) is 0.0580. The van der Waals surface area contributed by atoms with Gasteiger partial charge in [-0.05, 0) is 85.3 Å². The first-order valence-electron chi connectivity index (χ1n) is 14.7. The summed E-state index contributed by atoms with van der Waals surface area (Å²) in [6.45, 7) is 5.17. The number of halogens is 4. The maximum atomic E-state index is 14.1. The van der Waals surface area contributed by atoms with E-state index in [2.05, 4.69) is 20.2 Å². The average Bonchev–Trinajstić information content (AvgIpc) is 3.49. The van der Waals surface area contributed by atoms with Crippen LogP contribution >= 0.6 is 11.6 Å². The molecule has 7 nitrogen and oxygen atoms in total. The van der Waals surface area contributed by atoms with E-state index in [9.17, 15) is 18.0 Å². The summed E-state index contributed by atoms with van der Waals surface area (Å²) in [6, 6.07) is 18.5. The highest BCUT2D eigenvalue weighted by atomic mass is 35.5. The van der Waals surface area contributed by atoms with Gasteiger partial charge in [-0.25, -0.2) is 9.97 Å². The molecule has 1 aliphatic rings. The van der Waals surface area contributed by atoms with Gasteiger partial charge in [-0.15, -0.1) is 0 Å². The Morgan fingerprint density at radius 3 is 2.44 bits per heavy atom. The third-order valence-electron chi connectivity index (χ3n) is 8.22. The summed E-state index contributed by atoms with van der Waals surface area (Å²) in [6.07, 6.45) is -2.34. The van der Waals surface area contributed by atoms with Crippen LogP contribution in [0.2, 0.25) is 5.02 Å². The van der Waals surface area contributed by atoms with Gasteiger partial charge in [0.25, 0.3) is 5.91 Å². The number of alkyl halides is 3. The summed E-state index contributed by atoms with van der Waals surface area (Å²) < 4.78 is 42.3. The lowest BCUT2D eigenvalue weighted by molar-refractivity contribution is -0.138. The van der Waals surface area contributed by atoms with Gasteiger partial charge in [0, 0.05) is 67.2 Å². The van der Waals surface area contributed by atoms with E-state index in [1.54, 1.807) is 30.5 Å². The van der Waals surface area contributed by atoms with Crippen molar-refractivity contribution in [3.05, 3.63) is 111 Å². The van der Waals surface area contributed by atoms with Crippen molar-refractivity contribution in [2.45, 2.75) is 26.1 Å². The minimum atomic E-state index is -4.55. The molecular formula is C34H32ClF3N6O. The van der Waals surface area contributed by atoms with Crippen molar-refractivity contribution in [3.63, 3.8) is 0 Å². The van der Waals surface area contributed by atoms with E-state index in [0.29, 0.717) is 35.9 Å². The van der Waals surface area contributed by atoms with E-state index in [-0.39, 0.29) is 17.8 Å². The second-order valence-electron chi connectivity index (χ2n) is 11.5. The number of rotatable bonds is 7. The van der Waals surface area contributed by atoms with Crippen LogP contribution in [0.25, 0.3) is 22.4 Å². The van der Waals surface area contributed by atoms with E-state index in [0.717, 1.165) is 52.6 Å². The molecule has 232 valence electrons. The van der Waals surface area contributed by atoms with Crippen LogP contribution in [0.15, 0.2) is 72.9 Å². The second-order valence-corrected chi connectivity index (χ2v) is 11.9.